The Balaban J connectivity index is 1.63. The number of hydrogen-bond acceptors (Lipinski definition) is 3. The van der Waals surface area contributed by atoms with Crippen LogP contribution >= 0.6 is 11.8 Å². The van der Waals surface area contributed by atoms with Crippen molar-refractivity contribution >= 4 is 17.9 Å². The predicted octanol–water partition coefficient (Wildman–Crippen LogP) is 4.73. The van der Waals surface area contributed by atoms with Crippen molar-refractivity contribution < 1.29 is 9.53 Å². The first-order chi connectivity index (χ1) is 10.8. The van der Waals surface area contributed by atoms with E-state index in [1.807, 2.05) is 72.1 Å². The Morgan fingerprint density at radius 2 is 1.68 bits per heavy atom. The topological polar surface area (TPSA) is 38.3 Å². The van der Waals surface area contributed by atoms with Gasteiger partial charge >= 0.3 is 6.09 Å². The highest BCUT2D eigenvalue weighted by atomic mass is 32.2. The largest absolute Gasteiger partial charge is 0.444 e. The van der Waals surface area contributed by atoms with Gasteiger partial charge in [0.05, 0.1) is 0 Å². The second-order valence-electron chi connectivity index (χ2n) is 4.32. The van der Waals surface area contributed by atoms with E-state index in [4.69, 9.17) is 4.74 Å². The van der Waals surface area contributed by atoms with Gasteiger partial charge in [-0.15, -0.1) is 0 Å². The standard InChI is InChI=1S/C18H17NO2S/c20-18(21-15-16-9-3-1-4-10-16)19-13-7-8-14-22-17-11-5-2-6-12-17/h1-14H,15H2,(H,19,20). The molecule has 0 atom stereocenters. The summed E-state index contributed by atoms with van der Waals surface area (Å²) in [7, 11) is 0. The SMILES string of the molecule is O=C(NC=CC=CSc1ccccc1)OCc1ccccc1. The molecular formula is C18H17NO2S. The van der Waals surface area contributed by atoms with Crippen LogP contribution in [-0.2, 0) is 11.3 Å². The van der Waals surface area contributed by atoms with Crippen molar-refractivity contribution in [3.05, 3.63) is 90.0 Å². The van der Waals surface area contributed by atoms with Crippen molar-refractivity contribution in [2.75, 3.05) is 0 Å². The quantitative estimate of drug-likeness (QED) is 0.619. The van der Waals surface area contributed by atoms with Crippen LogP contribution in [0, 0.1) is 0 Å². The molecule has 112 valence electrons. The molecule has 0 bridgehead atoms. The summed E-state index contributed by atoms with van der Waals surface area (Å²) in [6.07, 6.45) is 4.69. The zero-order chi connectivity index (χ0) is 15.5. The normalized spacial score (nSPS) is 10.9. The molecule has 0 saturated heterocycles. The molecule has 0 spiro atoms. The molecule has 0 heterocycles. The molecule has 0 unspecified atom stereocenters. The van der Waals surface area contributed by atoms with Crippen LogP contribution in [0.5, 0.6) is 0 Å². The lowest BCUT2D eigenvalue weighted by molar-refractivity contribution is 0.143. The minimum absolute atomic E-state index is 0.264. The van der Waals surface area contributed by atoms with Gasteiger partial charge in [-0.2, -0.15) is 0 Å². The fraction of sp³-hybridized carbons (Fsp3) is 0.0556. The third kappa shape index (κ3) is 6.33. The Labute approximate surface area is 134 Å². The highest BCUT2D eigenvalue weighted by molar-refractivity contribution is 8.02. The number of rotatable bonds is 6. The average molecular weight is 311 g/mol. The van der Waals surface area contributed by atoms with Gasteiger partial charge in [0.15, 0.2) is 0 Å². The number of carbonyl (C=O) groups excluding carboxylic acids is 1. The van der Waals surface area contributed by atoms with Gasteiger partial charge in [-0.25, -0.2) is 4.79 Å². The van der Waals surface area contributed by atoms with Crippen molar-refractivity contribution in [3.63, 3.8) is 0 Å². The van der Waals surface area contributed by atoms with Crippen molar-refractivity contribution in [3.8, 4) is 0 Å². The molecule has 2 aromatic rings. The molecule has 0 saturated carbocycles. The number of amides is 1. The fourth-order valence-electron chi connectivity index (χ4n) is 1.60. The van der Waals surface area contributed by atoms with Crippen LogP contribution in [0.1, 0.15) is 5.56 Å². The molecule has 1 N–H and O–H groups in total. The molecule has 0 aromatic heterocycles. The van der Waals surface area contributed by atoms with Crippen molar-refractivity contribution in [1.29, 1.82) is 0 Å². The second-order valence-corrected chi connectivity index (χ2v) is 5.30. The van der Waals surface area contributed by atoms with Gasteiger partial charge in [0.25, 0.3) is 0 Å². The van der Waals surface area contributed by atoms with Gasteiger partial charge in [-0.1, -0.05) is 66.4 Å². The lowest BCUT2D eigenvalue weighted by Crippen LogP contribution is -2.18. The number of ether oxygens (including phenoxy) is 1. The molecule has 0 aliphatic carbocycles. The summed E-state index contributed by atoms with van der Waals surface area (Å²) in [4.78, 5) is 12.6. The molecule has 0 radical (unpaired) electrons. The number of thioether (sulfide) groups is 1. The molecule has 2 aromatic carbocycles. The number of alkyl carbamates (subject to hydrolysis) is 1. The van der Waals surface area contributed by atoms with E-state index < -0.39 is 6.09 Å². The number of carbonyl (C=O) groups is 1. The van der Waals surface area contributed by atoms with Crippen molar-refractivity contribution in [1.82, 2.24) is 5.32 Å². The van der Waals surface area contributed by atoms with E-state index in [9.17, 15) is 4.79 Å². The van der Waals surface area contributed by atoms with Crippen LogP contribution in [0.25, 0.3) is 0 Å². The summed E-state index contributed by atoms with van der Waals surface area (Å²) in [5.74, 6) is 0. The van der Waals surface area contributed by atoms with Crippen LogP contribution in [-0.4, -0.2) is 6.09 Å². The fourth-order valence-corrected chi connectivity index (χ4v) is 2.24. The molecule has 2 rings (SSSR count). The molecule has 0 fully saturated rings. The highest BCUT2D eigenvalue weighted by Gasteiger charge is 1.98. The maximum atomic E-state index is 11.5. The summed E-state index contributed by atoms with van der Waals surface area (Å²) in [6.45, 7) is 0.264. The van der Waals surface area contributed by atoms with E-state index >= 15 is 0 Å². The van der Waals surface area contributed by atoms with E-state index in [1.54, 1.807) is 24.0 Å². The Bertz CT molecular complexity index is 624. The van der Waals surface area contributed by atoms with Crippen LogP contribution in [0.2, 0.25) is 0 Å². The smallest absolute Gasteiger partial charge is 0.411 e. The van der Waals surface area contributed by atoms with Crippen LogP contribution in [0.3, 0.4) is 0 Å². The Hall–Kier alpha value is -2.46. The monoisotopic (exact) mass is 311 g/mol. The molecule has 0 aliphatic heterocycles. The summed E-state index contributed by atoms with van der Waals surface area (Å²) >= 11 is 1.61. The first-order valence-corrected chi connectivity index (χ1v) is 7.73. The zero-order valence-corrected chi connectivity index (χ0v) is 12.8. The molecule has 3 nitrogen and oxygen atoms in total. The average Bonchev–Trinajstić information content (AvgIpc) is 2.58. The molecule has 1 amide bonds. The van der Waals surface area contributed by atoms with Gasteiger partial charge in [0.2, 0.25) is 0 Å². The molecule has 4 heteroatoms. The summed E-state index contributed by atoms with van der Waals surface area (Å²) in [5, 5.41) is 4.50. The lowest BCUT2D eigenvalue weighted by atomic mass is 10.2. The Morgan fingerprint density at radius 3 is 2.41 bits per heavy atom. The van der Waals surface area contributed by atoms with E-state index in [-0.39, 0.29) is 6.61 Å². The number of allylic oxidation sites excluding steroid dienone is 2. The lowest BCUT2D eigenvalue weighted by Gasteiger charge is -2.03. The maximum Gasteiger partial charge on any atom is 0.411 e. The van der Waals surface area contributed by atoms with Gasteiger partial charge in [0.1, 0.15) is 6.61 Å². The van der Waals surface area contributed by atoms with E-state index in [0.29, 0.717) is 0 Å². The van der Waals surface area contributed by atoms with E-state index in [0.717, 1.165) is 5.56 Å². The third-order valence-corrected chi connectivity index (χ3v) is 3.48. The highest BCUT2D eigenvalue weighted by Crippen LogP contribution is 2.17. The number of nitrogens with one attached hydrogen (secondary N) is 1. The van der Waals surface area contributed by atoms with Gasteiger partial charge < -0.3 is 4.74 Å². The van der Waals surface area contributed by atoms with E-state index in [2.05, 4.69) is 5.32 Å². The number of hydrogen-bond donors (Lipinski definition) is 1. The van der Waals surface area contributed by atoms with Crippen LogP contribution in [0.15, 0.2) is 89.3 Å². The Morgan fingerprint density at radius 1 is 1.00 bits per heavy atom. The first kappa shape index (κ1) is 15.9. The Kier molecular flexibility index (Phi) is 6.85. The van der Waals surface area contributed by atoms with Crippen molar-refractivity contribution in [2.24, 2.45) is 0 Å². The molecule has 22 heavy (non-hydrogen) atoms. The minimum Gasteiger partial charge on any atom is -0.444 e. The number of benzene rings is 2. The molecular weight excluding hydrogens is 294 g/mol. The zero-order valence-electron chi connectivity index (χ0n) is 12.0. The minimum atomic E-state index is -0.468. The van der Waals surface area contributed by atoms with E-state index in [1.165, 1.54) is 4.90 Å². The molecule has 0 aliphatic rings. The first-order valence-electron chi connectivity index (χ1n) is 6.85. The predicted molar refractivity (Wildman–Crippen MR) is 90.3 cm³/mol. The second kappa shape index (κ2) is 9.47. The van der Waals surface area contributed by atoms with Gasteiger partial charge in [-0.05, 0) is 29.2 Å². The van der Waals surface area contributed by atoms with Gasteiger partial charge in [0, 0.05) is 11.1 Å². The summed E-state index contributed by atoms with van der Waals surface area (Å²) < 4.78 is 5.07. The summed E-state index contributed by atoms with van der Waals surface area (Å²) in [6, 6.07) is 19.6. The summed E-state index contributed by atoms with van der Waals surface area (Å²) in [5.41, 5.74) is 0.959. The maximum absolute atomic E-state index is 11.5. The van der Waals surface area contributed by atoms with Gasteiger partial charge in [-0.3, -0.25) is 5.32 Å². The third-order valence-electron chi connectivity index (χ3n) is 2.65. The van der Waals surface area contributed by atoms with Crippen LogP contribution in [0.4, 0.5) is 4.79 Å². The van der Waals surface area contributed by atoms with Crippen LogP contribution < -0.4 is 5.32 Å². The van der Waals surface area contributed by atoms with Crippen molar-refractivity contribution in [2.45, 2.75) is 11.5 Å².